The highest BCUT2D eigenvalue weighted by molar-refractivity contribution is 5.96. The first-order valence-electron chi connectivity index (χ1n) is 9.82. The van der Waals surface area contributed by atoms with E-state index in [1.54, 1.807) is 24.3 Å². The van der Waals surface area contributed by atoms with E-state index < -0.39 is 0 Å². The number of benzene rings is 1. The van der Waals surface area contributed by atoms with E-state index in [0.717, 1.165) is 50.5 Å². The molecule has 1 aromatic heterocycles. The monoisotopic (exact) mass is 379 g/mol. The average Bonchev–Trinajstić information content (AvgIpc) is 3.17. The number of anilines is 2. The fourth-order valence-corrected chi connectivity index (χ4v) is 3.80. The van der Waals surface area contributed by atoms with E-state index in [9.17, 15) is 9.59 Å². The molecule has 2 aromatic rings. The smallest absolute Gasteiger partial charge is 0.238 e. The number of piperazine rings is 1. The van der Waals surface area contributed by atoms with Crippen LogP contribution in [0.2, 0.25) is 0 Å². The highest BCUT2D eigenvalue weighted by Gasteiger charge is 2.22. The number of Topliss-reactive ketones (excluding diaryl/α,β-unsaturated/α-hetero) is 1. The van der Waals surface area contributed by atoms with Crippen LogP contribution in [0.3, 0.4) is 0 Å². The van der Waals surface area contributed by atoms with Gasteiger partial charge < -0.3 is 10.2 Å². The lowest BCUT2D eigenvalue weighted by Crippen LogP contribution is -2.49. The number of fused-ring (bicyclic) bond motifs is 1. The molecule has 0 radical (unpaired) electrons. The van der Waals surface area contributed by atoms with Crippen LogP contribution in [0.5, 0.6) is 0 Å². The SMILES string of the molecule is CC(=O)c1ccc(NC(=O)CN2CCN(c3cc4c(nn3)CCC4)CC2)cc1. The third-order valence-electron chi connectivity index (χ3n) is 5.45. The number of amides is 1. The second kappa shape index (κ2) is 8.06. The Balaban J connectivity index is 1.27. The Bertz CT molecular complexity index is 873. The molecule has 1 saturated heterocycles. The minimum atomic E-state index is -0.0404. The van der Waals surface area contributed by atoms with Gasteiger partial charge in [0.05, 0.1) is 12.2 Å². The maximum Gasteiger partial charge on any atom is 0.238 e. The molecule has 1 amide bonds. The van der Waals surface area contributed by atoms with Gasteiger partial charge in [-0.15, -0.1) is 5.10 Å². The van der Waals surface area contributed by atoms with E-state index >= 15 is 0 Å². The molecule has 0 spiro atoms. The van der Waals surface area contributed by atoms with E-state index in [0.29, 0.717) is 17.8 Å². The summed E-state index contributed by atoms with van der Waals surface area (Å²) in [5.41, 5.74) is 3.84. The summed E-state index contributed by atoms with van der Waals surface area (Å²) in [6.45, 7) is 5.20. The van der Waals surface area contributed by atoms with E-state index in [2.05, 4.69) is 31.4 Å². The first-order chi connectivity index (χ1) is 13.6. The van der Waals surface area contributed by atoms with E-state index in [-0.39, 0.29) is 11.7 Å². The Hall–Kier alpha value is -2.80. The van der Waals surface area contributed by atoms with Gasteiger partial charge in [0.2, 0.25) is 5.91 Å². The molecule has 1 aliphatic heterocycles. The number of hydrogen-bond acceptors (Lipinski definition) is 6. The average molecular weight is 379 g/mol. The first-order valence-corrected chi connectivity index (χ1v) is 9.82. The van der Waals surface area contributed by atoms with Crippen molar-refractivity contribution in [2.45, 2.75) is 26.2 Å². The zero-order valence-electron chi connectivity index (χ0n) is 16.1. The summed E-state index contributed by atoms with van der Waals surface area (Å²) in [5.74, 6) is 0.931. The molecule has 0 saturated carbocycles. The standard InChI is InChI=1S/C21H25N5O2/c1-15(27)16-5-7-18(8-6-16)22-21(28)14-25-9-11-26(12-10-25)20-13-17-3-2-4-19(17)23-24-20/h5-8,13H,2-4,9-12,14H2,1H3,(H,22,28). The second-order valence-corrected chi connectivity index (χ2v) is 7.47. The lowest BCUT2D eigenvalue weighted by atomic mass is 10.1. The molecule has 1 N–H and O–H groups in total. The van der Waals surface area contributed by atoms with E-state index in [1.165, 1.54) is 18.9 Å². The number of nitrogens with zero attached hydrogens (tertiary/aromatic N) is 4. The third-order valence-corrected chi connectivity index (χ3v) is 5.45. The van der Waals surface area contributed by atoms with Crippen LogP contribution in [0, 0.1) is 0 Å². The quantitative estimate of drug-likeness (QED) is 0.800. The molecule has 2 heterocycles. The van der Waals surface area contributed by atoms with Gasteiger partial charge in [-0.2, -0.15) is 5.10 Å². The number of hydrogen-bond donors (Lipinski definition) is 1. The van der Waals surface area contributed by atoms with Crippen LogP contribution < -0.4 is 10.2 Å². The zero-order chi connectivity index (χ0) is 19.5. The molecule has 0 atom stereocenters. The minimum absolute atomic E-state index is 0.0174. The number of ketones is 1. The predicted octanol–water partition coefficient (Wildman–Crippen LogP) is 1.93. The van der Waals surface area contributed by atoms with Crippen LogP contribution in [0.25, 0.3) is 0 Å². The van der Waals surface area contributed by atoms with Gasteiger partial charge in [-0.3, -0.25) is 14.5 Å². The van der Waals surface area contributed by atoms with E-state index in [1.807, 2.05) is 0 Å². The van der Waals surface area contributed by atoms with Crippen molar-refractivity contribution in [3.05, 3.63) is 47.2 Å². The fourth-order valence-electron chi connectivity index (χ4n) is 3.80. The van der Waals surface area contributed by atoms with Gasteiger partial charge in [0, 0.05) is 37.4 Å². The van der Waals surface area contributed by atoms with Crippen LogP contribution in [-0.4, -0.2) is 59.5 Å². The Labute approximate surface area is 164 Å². The van der Waals surface area contributed by atoms with Crippen molar-refractivity contribution in [1.29, 1.82) is 0 Å². The summed E-state index contributed by atoms with van der Waals surface area (Å²) < 4.78 is 0. The summed E-state index contributed by atoms with van der Waals surface area (Å²) in [6.07, 6.45) is 3.32. The third kappa shape index (κ3) is 4.20. The molecule has 28 heavy (non-hydrogen) atoms. The summed E-state index contributed by atoms with van der Waals surface area (Å²) >= 11 is 0. The van der Waals surface area contributed by atoms with Crippen molar-refractivity contribution in [3.8, 4) is 0 Å². The van der Waals surface area contributed by atoms with Crippen LogP contribution in [0.4, 0.5) is 11.5 Å². The minimum Gasteiger partial charge on any atom is -0.353 e. The van der Waals surface area contributed by atoms with Gasteiger partial charge in [-0.1, -0.05) is 0 Å². The molecule has 146 valence electrons. The van der Waals surface area contributed by atoms with Gasteiger partial charge >= 0.3 is 0 Å². The summed E-state index contributed by atoms with van der Waals surface area (Å²) in [4.78, 5) is 28.0. The van der Waals surface area contributed by atoms with Gasteiger partial charge in [-0.25, -0.2) is 0 Å². The van der Waals surface area contributed by atoms with Crippen molar-refractivity contribution in [2.75, 3.05) is 42.9 Å². The van der Waals surface area contributed by atoms with Crippen molar-refractivity contribution >= 4 is 23.2 Å². The lowest BCUT2D eigenvalue weighted by Gasteiger charge is -2.34. The van der Waals surface area contributed by atoms with Crippen molar-refractivity contribution < 1.29 is 9.59 Å². The second-order valence-electron chi connectivity index (χ2n) is 7.47. The first kappa shape index (κ1) is 18.6. The predicted molar refractivity (Wildman–Crippen MR) is 108 cm³/mol. The zero-order valence-corrected chi connectivity index (χ0v) is 16.1. The molecule has 4 rings (SSSR count). The molecule has 2 aliphatic rings. The molecular weight excluding hydrogens is 354 g/mol. The number of carbonyl (C=O) groups excluding carboxylic acids is 2. The molecule has 1 aliphatic carbocycles. The van der Waals surface area contributed by atoms with Gasteiger partial charge in [-0.05, 0) is 62.1 Å². The number of nitrogens with one attached hydrogen (secondary N) is 1. The van der Waals surface area contributed by atoms with Crippen LogP contribution >= 0.6 is 0 Å². The highest BCUT2D eigenvalue weighted by Crippen LogP contribution is 2.23. The maximum absolute atomic E-state index is 12.3. The Morgan fingerprint density at radius 1 is 1.04 bits per heavy atom. The molecule has 7 nitrogen and oxygen atoms in total. The lowest BCUT2D eigenvalue weighted by molar-refractivity contribution is -0.117. The number of aryl methyl sites for hydroxylation is 2. The molecule has 0 unspecified atom stereocenters. The van der Waals surface area contributed by atoms with Gasteiger partial charge in [0.1, 0.15) is 0 Å². The molecule has 7 heteroatoms. The summed E-state index contributed by atoms with van der Waals surface area (Å²) in [6, 6.07) is 9.17. The van der Waals surface area contributed by atoms with Crippen molar-refractivity contribution in [2.24, 2.45) is 0 Å². The fraction of sp³-hybridized carbons (Fsp3) is 0.429. The number of aromatic nitrogens is 2. The van der Waals surface area contributed by atoms with E-state index in [4.69, 9.17) is 0 Å². The van der Waals surface area contributed by atoms with Crippen LogP contribution in [-0.2, 0) is 17.6 Å². The largest absolute Gasteiger partial charge is 0.353 e. The molecule has 1 fully saturated rings. The van der Waals surface area contributed by atoms with Crippen LogP contribution in [0.1, 0.15) is 35.0 Å². The topological polar surface area (TPSA) is 78.4 Å². The van der Waals surface area contributed by atoms with Gasteiger partial charge in [0.15, 0.2) is 11.6 Å². The summed E-state index contributed by atoms with van der Waals surface area (Å²) in [7, 11) is 0. The normalized spacial score (nSPS) is 16.7. The Morgan fingerprint density at radius 3 is 2.50 bits per heavy atom. The molecule has 1 aromatic carbocycles. The Morgan fingerprint density at radius 2 is 1.79 bits per heavy atom. The molecular formula is C21H25N5O2. The number of carbonyl (C=O) groups is 2. The highest BCUT2D eigenvalue weighted by atomic mass is 16.2. The van der Waals surface area contributed by atoms with Gasteiger partial charge in [0.25, 0.3) is 0 Å². The summed E-state index contributed by atoms with van der Waals surface area (Å²) in [5, 5.41) is 11.7. The van der Waals surface area contributed by atoms with Crippen molar-refractivity contribution in [1.82, 2.24) is 15.1 Å². The van der Waals surface area contributed by atoms with Crippen molar-refractivity contribution in [3.63, 3.8) is 0 Å². The molecule has 0 bridgehead atoms. The Kier molecular flexibility index (Phi) is 5.34. The maximum atomic E-state index is 12.3. The van der Waals surface area contributed by atoms with Crippen LogP contribution in [0.15, 0.2) is 30.3 Å². The number of rotatable bonds is 5.